The summed E-state index contributed by atoms with van der Waals surface area (Å²) < 4.78 is 1.66. The van der Waals surface area contributed by atoms with Crippen LogP contribution in [0.4, 0.5) is 5.69 Å². The van der Waals surface area contributed by atoms with Crippen molar-refractivity contribution >= 4 is 17.5 Å². The van der Waals surface area contributed by atoms with Gasteiger partial charge in [0.25, 0.3) is 5.91 Å². The van der Waals surface area contributed by atoms with Crippen molar-refractivity contribution in [1.82, 2.24) is 24.9 Å². The Hall–Kier alpha value is -2.71. The van der Waals surface area contributed by atoms with Crippen molar-refractivity contribution in [3.63, 3.8) is 0 Å². The van der Waals surface area contributed by atoms with Gasteiger partial charge in [-0.2, -0.15) is 5.10 Å². The average Bonchev–Trinajstić information content (AvgIpc) is 3.09. The lowest BCUT2D eigenvalue weighted by Gasteiger charge is -2.32. The molecule has 2 amide bonds. The molecule has 1 aromatic heterocycles. The van der Waals surface area contributed by atoms with Crippen LogP contribution in [0.3, 0.4) is 0 Å². The average molecular weight is 370 g/mol. The number of hydrogen-bond donors (Lipinski definition) is 2. The Morgan fingerprint density at radius 3 is 2.30 bits per heavy atom. The van der Waals surface area contributed by atoms with E-state index >= 15 is 0 Å². The van der Waals surface area contributed by atoms with Gasteiger partial charge in [0.2, 0.25) is 5.91 Å². The number of aromatic nitrogens is 2. The van der Waals surface area contributed by atoms with Crippen LogP contribution in [0.5, 0.6) is 0 Å². The van der Waals surface area contributed by atoms with Crippen molar-refractivity contribution in [2.75, 3.05) is 45.6 Å². The molecule has 2 N–H and O–H groups in total. The van der Waals surface area contributed by atoms with Gasteiger partial charge in [-0.1, -0.05) is 0 Å². The van der Waals surface area contributed by atoms with Gasteiger partial charge in [-0.05, 0) is 38.4 Å². The molecule has 1 aromatic carbocycles. The highest BCUT2D eigenvalue weighted by atomic mass is 16.2. The number of rotatable bonds is 5. The van der Waals surface area contributed by atoms with Crippen LogP contribution in [0.25, 0.3) is 0 Å². The predicted molar refractivity (Wildman–Crippen MR) is 103 cm³/mol. The molecule has 1 atom stereocenters. The van der Waals surface area contributed by atoms with Gasteiger partial charge in [-0.15, -0.1) is 0 Å². The summed E-state index contributed by atoms with van der Waals surface area (Å²) in [5, 5.41) is 9.99. The summed E-state index contributed by atoms with van der Waals surface area (Å²) in [5.41, 5.74) is 2.08. The Morgan fingerprint density at radius 2 is 1.74 bits per heavy atom. The Balaban J connectivity index is 1.63. The van der Waals surface area contributed by atoms with Crippen LogP contribution < -0.4 is 10.6 Å². The number of hydrogen-bond acceptors (Lipinski definition) is 5. The van der Waals surface area contributed by atoms with Crippen LogP contribution in [-0.2, 0) is 11.8 Å². The Bertz CT molecular complexity index is 793. The zero-order chi connectivity index (χ0) is 19.4. The maximum atomic E-state index is 12.6. The van der Waals surface area contributed by atoms with Gasteiger partial charge in [0, 0.05) is 56.2 Å². The highest BCUT2D eigenvalue weighted by Crippen LogP contribution is 2.17. The predicted octanol–water partition coefficient (Wildman–Crippen LogP) is 0.707. The van der Waals surface area contributed by atoms with E-state index in [-0.39, 0.29) is 11.8 Å². The minimum atomic E-state index is -0.495. The number of piperazine rings is 1. The summed E-state index contributed by atoms with van der Waals surface area (Å²) in [6, 6.07) is 6.54. The van der Waals surface area contributed by atoms with Gasteiger partial charge >= 0.3 is 0 Å². The molecule has 8 heteroatoms. The Morgan fingerprint density at radius 1 is 1.07 bits per heavy atom. The molecule has 0 spiro atoms. The highest BCUT2D eigenvalue weighted by Gasteiger charge is 2.22. The third-order valence-electron chi connectivity index (χ3n) is 4.80. The lowest BCUT2D eigenvalue weighted by atomic mass is 10.1. The number of carbonyl (C=O) groups excluding carboxylic acids is 2. The van der Waals surface area contributed by atoms with Crippen LogP contribution in [0.1, 0.15) is 22.0 Å². The van der Waals surface area contributed by atoms with Gasteiger partial charge < -0.3 is 20.4 Å². The lowest BCUT2D eigenvalue weighted by Crippen LogP contribution is -2.47. The van der Waals surface area contributed by atoms with E-state index in [1.807, 2.05) is 11.9 Å². The van der Waals surface area contributed by atoms with Gasteiger partial charge in [0.1, 0.15) is 6.04 Å². The molecule has 27 heavy (non-hydrogen) atoms. The smallest absolute Gasteiger partial charge is 0.253 e. The second-order valence-electron chi connectivity index (χ2n) is 6.83. The molecule has 3 rings (SSSR count). The fourth-order valence-electron chi connectivity index (χ4n) is 3.14. The summed E-state index contributed by atoms with van der Waals surface area (Å²) in [7, 11) is 5.60. The number of anilines is 1. The molecular weight excluding hydrogens is 344 g/mol. The molecule has 1 saturated heterocycles. The summed E-state index contributed by atoms with van der Waals surface area (Å²) >= 11 is 0. The van der Waals surface area contributed by atoms with Crippen LogP contribution in [0.15, 0.2) is 36.7 Å². The van der Waals surface area contributed by atoms with Gasteiger partial charge in [0.15, 0.2) is 0 Å². The molecule has 1 aliphatic heterocycles. The van der Waals surface area contributed by atoms with E-state index in [0.717, 1.165) is 31.7 Å². The molecule has 144 valence electrons. The van der Waals surface area contributed by atoms with E-state index in [9.17, 15) is 9.59 Å². The largest absolute Gasteiger partial charge is 0.336 e. The first-order valence-corrected chi connectivity index (χ1v) is 9.02. The summed E-state index contributed by atoms with van der Waals surface area (Å²) in [6.07, 6.45) is 3.47. The summed E-state index contributed by atoms with van der Waals surface area (Å²) in [4.78, 5) is 29.2. The minimum Gasteiger partial charge on any atom is -0.336 e. The fourth-order valence-corrected chi connectivity index (χ4v) is 3.14. The first-order valence-electron chi connectivity index (χ1n) is 9.02. The lowest BCUT2D eigenvalue weighted by molar-refractivity contribution is -0.118. The summed E-state index contributed by atoms with van der Waals surface area (Å²) in [5.74, 6) is -0.145. The summed E-state index contributed by atoms with van der Waals surface area (Å²) in [6.45, 7) is 3.25. The quantitative estimate of drug-likeness (QED) is 0.810. The van der Waals surface area contributed by atoms with E-state index < -0.39 is 6.04 Å². The van der Waals surface area contributed by atoms with Crippen molar-refractivity contribution in [2.45, 2.75) is 6.04 Å². The van der Waals surface area contributed by atoms with Crippen molar-refractivity contribution in [1.29, 1.82) is 0 Å². The number of carbonyl (C=O) groups is 2. The van der Waals surface area contributed by atoms with Crippen LogP contribution in [-0.4, -0.2) is 71.7 Å². The first-order chi connectivity index (χ1) is 13.0. The zero-order valence-electron chi connectivity index (χ0n) is 16.0. The second-order valence-corrected chi connectivity index (χ2v) is 6.83. The number of amides is 2. The molecule has 2 aromatic rings. The molecule has 0 bridgehead atoms. The standard InChI is InChI=1S/C19H26N6O2/c1-20-17(15-12-21-24(3)13-15)18(26)22-16-6-4-14(5-7-16)19(27)25-10-8-23(2)9-11-25/h4-7,12-13,17,20H,8-11H2,1-3H3,(H,22,26). The number of nitrogens with zero attached hydrogens (tertiary/aromatic N) is 4. The molecule has 8 nitrogen and oxygen atoms in total. The highest BCUT2D eigenvalue weighted by molar-refractivity contribution is 5.97. The maximum absolute atomic E-state index is 12.6. The molecule has 1 aliphatic rings. The third kappa shape index (κ3) is 4.53. The third-order valence-corrected chi connectivity index (χ3v) is 4.80. The number of nitrogens with one attached hydrogen (secondary N) is 2. The molecule has 1 fully saturated rings. The first kappa shape index (κ1) is 19.1. The normalized spacial score (nSPS) is 16.2. The van der Waals surface area contributed by atoms with E-state index in [1.165, 1.54) is 0 Å². The van der Waals surface area contributed by atoms with Crippen molar-refractivity contribution in [2.24, 2.45) is 7.05 Å². The SMILES string of the molecule is CNC(C(=O)Nc1ccc(C(=O)N2CCN(C)CC2)cc1)c1cnn(C)c1. The van der Waals surface area contributed by atoms with E-state index in [0.29, 0.717) is 11.3 Å². The van der Waals surface area contributed by atoms with E-state index in [2.05, 4.69) is 27.7 Å². The van der Waals surface area contributed by atoms with Crippen molar-refractivity contribution in [3.8, 4) is 0 Å². The van der Waals surface area contributed by atoms with E-state index in [4.69, 9.17) is 0 Å². The molecular formula is C19H26N6O2. The Labute approximate surface area is 159 Å². The van der Waals surface area contributed by atoms with Crippen LogP contribution in [0.2, 0.25) is 0 Å². The van der Waals surface area contributed by atoms with Gasteiger partial charge in [-0.3, -0.25) is 14.3 Å². The van der Waals surface area contributed by atoms with Crippen molar-refractivity contribution in [3.05, 3.63) is 47.8 Å². The number of benzene rings is 1. The van der Waals surface area contributed by atoms with Crippen LogP contribution >= 0.6 is 0 Å². The van der Waals surface area contributed by atoms with E-state index in [1.54, 1.807) is 48.4 Å². The topological polar surface area (TPSA) is 82.5 Å². The maximum Gasteiger partial charge on any atom is 0.253 e. The van der Waals surface area contributed by atoms with Gasteiger partial charge in [-0.25, -0.2) is 0 Å². The molecule has 0 radical (unpaired) electrons. The zero-order valence-corrected chi connectivity index (χ0v) is 16.0. The Kier molecular flexibility index (Phi) is 5.88. The number of aryl methyl sites for hydroxylation is 1. The molecule has 0 saturated carbocycles. The number of likely N-dealkylation sites (N-methyl/N-ethyl adjacent to an activating group) is 2. The van der Waals surface area contributed by atoms with Crippen LogP contribution in [0, 0.1) is 0 Å². The molecule has 1 unspecified atom stereocenters. The fraction of sp³-hybridized carbons (Fsp3) is 0.421. The minimum absolute atomic E-state index is 0.0319. The van der Waals surface area contributed by atoms with Gasteiger partial charge in [0.05, 0.1) is 6.20 Å². The monoisotopic (exact) mass is 370 g/mol. The molecule has 0 aliphatic carbocycles. The molecule has 2 heterocycles. The second kappa shape index (κ2) is 8.32. The van der Waals surface area contributed by atoms with Crippen molar-refractivity contribution < 1.29 is 9.59 Å².